The minimum absolute atomic E-state index is 0.00209. The quantitative estimate of drug-likeness (QED) is 0.268. The summed E-state index contributed by atoms with van der Waals surface area (Å²) in [6.07, 6.45) is 22.3. The Labute approximate surface area is 295 Å². The van der Waals surface area contributed by atoms with Crippen LogP contribution in [0.5, 0.6) is 0 Å². The smallest absolute Gasteiger partial charge is 0.141 e. The van der Waals surface area contributed by atoms with Crippen molar-refractivity contribution in [2.24, 2.45) is 23.7 Å². The number of para-hydroxylation sites is 2. The molecule has 0 amide bonds. The molecule has 14 atom stereocenters. The molecule has 4 bridgehead atoms. The van der Waals surface area contributed by atoms with Crippen molar-refractivity contribution in [3.63, 3.8) is 0 Å². The topological polar surface area (TPSA) is 24.9 Å². The summed E-state index contributed by atoms with van der Waals surface area (Å²) in [4.78, 5) is 5.87. The summed E-state index contributed by atoms with van der Waals surface area (Å²) in [6, 6.07) is 20.8. The van der Waals surface area contributed by atoms with E-state index in [1.54, 1.807) is 22.3 Å². The van der Waals surface area contributed by atoms with E-state index in [0.717, 1.165) is 48.2 Å². The summed E-state index contributed by atoms with van der Waals surface area (Å²) in [6.45, 7) is 7.49. The maximum Gasteiger partial charge on any atom is 0.141 e. The molecule has 2 spiro atoms. The van der Waals surface area contributed by atoms with Crippen molar-refractivity contribution in [1.82, 2.24) is 0 Å². The average Bonchev–Trinajstić information content (AvgIpc) is 3.75. The van der Waals surface area contributed by atoms with Crippen molar-refractivity contribution in [1.29, 1.82) is 0 Å². The van der Waals surface area contributed by atoms with Crippen LogP contribution >= 0.6 is 0 Å². The molecule has 2 aliphatic carbocycles. The zero-order valence-corrected chi connectivity index (χ0v) is 28.8. The number of hydrogen-bond acceptors (Lipinski definition) is 4. The maximum atomic E-state index is 7.48. The first kappa shape index (κ1) is 28.1. The molecular formula is C44H46N4O2+2. The molecule has 6 nitrogen and oxygen atoms in total. The highest BCUT2D eigenvalue weighted by molar-refractivity contribution is 5.72. The largest absolute Gasteiger partial charge is 0.354 e. The van der Waals surface area contributed by atoms with Gasteiger partial charge >= 0.3 is 0 Å². The van der Waals surface area contributed by atoms with Crippen LogP contribution in [0.1, 0.15) is 36.8 Å². The van der Waals surface area contributed by atoms with Crippen LogP contribution < -0.4 is 9.80 Å². The van der Waals surface area contributed by atoms with E-state index in [9.17, 15) is 0 Å². The first-order chi connectivity index (χ1) is 24.6. The Balaban J connectivity index is 1.12. The van der Waals surface area contributed by atoms with E-state index in [4.69, 9.17) is 22.3 Å². The van der Waals surface area contributed by atoms with Gasteiger partial charge in [0.05, 0.1) is 49.2 Å². The minimum atomic E-state index is -0.00209. The standard InChI is InChI=1S/C44H46N4O2/c1-3-17-47-19-15-43-31-9-5-7-11-33(31)45-39(43)37-29(23-35(43)47)27(25-47)13-21-49-41(37)46-34-12-8-6-10-32(34)44-16-20-48(18-4-2)26-28-14-22-50-42(45)38(40(44)46)30(28)24-36(44)48/h1-2,5-14,29-30,35-42H,15-26H2/q+2/t29-,30-,35-,36-,37+,38+,39-,40-,41+,42+,43?,44?,47?,48?/m0/s1. The second kappa shape index (κ2) is 8.91. The van der Waals surface area contributed by atoms with E-state index in [1.165, 1.54) is 37.1 Å². The van der Waals surface area contributed by atoms with Crippen molar-refractivity contribution >= 4 is 11.4 Å². The molecule has 9 heterocycles. The molecule has 13 rings (SSSR count). The van der Waals surface area contributed by atoms with Crippen molar-refractivity contribution in [3.8, 4) is 24.7 Å². The fourth-order valence-electron chi connectivity index (χ4n) is 16.2. The van der Waals surface area contributed by atoms with Gasteiger partial charge in [0.1, 0.15) is 50.7 Å². The number of quaternary nitrogens is 2. The van der Waals surface area contributed by atoms with Crippen LogP contribution in [0.25, 0.3) is 0 Å². The van der Waals surface area contributed by atoms with Crippen molar-refractivity contribution in [2.45, 2.75) is 73.1 Å². The monoisotopic (exact) mass is 662 g/mol. The third-order valence-corrected chi connectivity index (χ3v) is 17.3. The molecule has 2 aromatic rings. The number of hydrogen-bond donors (Lipinski definition) is 0. The Kier molecular flexibility index (Phi) is 5.01. The van der Waals surface area contributed by atoms with Gasteiger partial charge in [0.2, 0.25) is 0 Å². The zero-order chi connectivity index (χ0) is 32.8. The van der Waals surface area contributed by atoms with E-state index in [-0.39, 0.29) is 23.3 Å². The van der Waals surface area contributed by atoms with E-state index in [1.807, 2.05) is 0 Å². The predicted octanol–water partition coefficient (Wildman–Crippen LogP) is 4.56. The van der Waals surface area contributed by atoms with Gasteiger partial charge in [-0.25, -0.2) is 0 Å². The number of benzene rings is 2. The number of fused-ring (bicyclic) bond motifs is 6. The maximum absolute atomic E-state index is 7.48. The van der Waals surface area contributed by atoms with Gasteiger partial charge < -0.3 is 28.2 Å². The Morgan fingerprint density at radius 3 is 1.60 bits per heavy atom. The van der Waals surface area contributed by atoms with Crippen LogP contribution in [0.15, 0.2) is 71.8 Å². The molecule has 0 aromatic heterocycles. The lowest BCUT2D eigenvalue weighted by Gasteiger charge is -2.65. The van der Waals surface area contributed by atoms with Gasteiger partial charge in [0.15, 0.2) is 0 Å². The zero-order valence-electron chi connectivity index (χ0n) is 28.8. The summed E-state index contributed by atoms with van der Waals surface area (Å²) in [5.41, 5.74) is 9.30. The summed E-state index contributed by atoms with van der Waals surface area (Å²) in [7, 11) is 0. The molecule has 6 heteroatoms. The van der Waals surface area contributed by atoms with Crippen molar-refractivity contribution < 1.29 is 18.4 Å². The number of anilines is 2. The highest BCUT2D eigenvalue weighted by atomic mass is 16.5. The van der Waals surface area contributed by atoms with Crippen LogP contribution in [0.2, 0.25) is 0 Å². The molecule has 5 saturated heterocycles. The molecule has 7 fully saturated rings. The molecule has 0 N–H and O–H groups in total. The fraction of sp³-hybridized carbons (Fsp3) is 0.545. The van der Waals surface area contributed by atoms with Gasteiger partial charge in [-0.3, -0.25) is 0 Å². The van der Waals surface area contributed by atoms with Crippen LogP contribution in [-0.2, 0) is 20.3 Å². The van der Waals surface area contributed by atoms with Crippen molar-refractivity contribution in [2.75, 3.05) is 62.3 Å². The average molecular weight is 663 g/mol. The van der Waals surface area contributed by atoms with Gasteiger partial charge in [-0.2, -0.15) is 0 Å². The second-order valence-corrected chi connectivity index (χ2v) is 18.1. The third kappa shape index (κ3) is 2.76. The molecule has 2 saturated carbocycles. The fourth-order valence-corrected chi connectivity index (χ4v) is 16.2. The second-order valence-electron chi connectivity index (χ2n) is 18.1. The highest BCUT2D eigenvalue weighted by Gasteiger charge is 2.80. The minimum Gasteiger partial charge on any atom is -0.354 e. The Hall–Kier alpha value is -3.52. The Morgan fingerprint density at radius 1 is 0.680 bits per heavy atom. The van der Waals surface area contributed by atoms with Gasteiger partial charge in [-0.05, 0) is 46.2 Å². The number of rotatable bonds is 2. The lowest BCUT2D eigenvalue weighted by atomic mass is 9.52. The Morgan fingerprint density at radius 2 is 1.14 bits per heavy atom. The van der Waals surface area contributed by atoms with Crippen LogP contribution in [0.3, 0.4) is 0 Å². The number of nitrogens with zero attached hydrogens (tertiary/aromatic N) is 4. The van der Waals surface area contributed by atoms with E-state index in [0.29, 0.717) is 61.1 Å². The molecule has 0 radical (unpaired) electrons. The number of ether oxygens (including phenoxy) is 2. The summed E-state index contributed by atoms with van der Waals surface area (Å²) < 4.78 is 17.1. The van der Waals surface area contributed by atoms with Gasteiger partial charge in [-0.15, -0.1) is 12.8 Å². The lowest BCUT2D eigenvalue weighted by Crippen LogP contribution is -2.78. The first-order valence-electron chi connectivity index (χ1n) is 19.6. The van der Waals surface area contributed by atoms with Gasteiger partial charge in [0, 0.05) is 60.7 Å². The first-order valence-corrected chi connectivity index (χ1v) is 19.6. The lowest BCUT2D eigenvalue weighted by molar-refractivity contribution is -0.936. The van der Waals surface area contributed by atoms with Crippen LogP contribution in [0, 0.1) is 48.4 Å². The highest BCUT2D eigenvalue weighted by Crippen LogP contribution is 2.72. The molecule has 2 aromatic carbocycles. The molecular weight excluding hydrogens is 617 g/mol. The number of piperidine rings is 2. The van der Waals surface area contributed by atoms with E-state index < -0.39 is 0 Å². The SMILES string of the molecule is C#CC[N+]12CCC34c5ccccc5N5[C@@H]6OCC=C7C[N+]8(CC#C)CCC9%10c%11ccccc%11N([C@@H]%11OCC=C(C1)[C@H](C[C@@H]32)[C@@H]%11[C@H]54)[C@H]9[C@H]6[C@H]7C[C@@H]%108. The van der Waals surface area contributed by atoms with Crippen LogP contribution in [0.4, 0.5) is 11.4 Å². The molecule has 4 unspecified atom stereocenters. The van der Waals surface area contributed by atoms with E-state index >= 15 is 0 Å². The predicted molar refractivity (Wildman–Crippen MR) is 192 cm³/mol. The molecule has 9 aliphatic heterocycles. The summed E-state index contributed by atoms with van der Waals surface area (Å²) in [5.74, 6) is 8.03. The van der Waals surface area contributed by atoms with Gasteiger partial charge in [-0.1, -0.05) is 48.6 Å². The van der Waals surface area contributed by atoms with Gasteiger partial charge in [0.25, 0.3) is 0 Å². The Bertz CT molecular complexity index is 1910. The summed E-state index contributed by atoms with van der Waals surface area (Å²) in [5, 5.41) is 0. The summed E-state index contributed by atoms with van der Waals surface area (Å²) >= 11 is 0. The molecule has 252 valence electrons. The molecule has 50 heavy (non-hydrogen) atoms. The number of terminal acetylenes is 2. The van der Waals surface area contributed by atoms with Crippen molar-refractivity contribution in [3.05, 3.63) is 83.0 Å². The molecule has 11 aliphatic rings. The van der Waals surface area contributed by atoms with E-state index in [2.05, 4.69) is 82.3 Å². The third-order valence-electron chi connectivity index (χ3n) is 17.3. The van der Waals surface area contributed by atoms with Crippen LogP contribution in [-0.4, -0.2) is 98.1 Å². The normalized spacial score (nSPS) is 49.6.